The predicted octanol–water partition coefficient (Wildman–Crippen LogP) is 3.19. The van der Waals surface area contributed by atoms with Crippen LogP contribution in [0.3, 0.4) is 0 Å². The van der Waals surface area contributed by atoms with Crippen LogP contribution in [0.5, 0.6) is 0 Å². The van der Waals surface area contributed by atoms with Crippen molar-refractivity contribution in [2.75, 3.05) is 25.6 Å². The van der Waals surface area contributed by atoms with Gasteiger partial charge in [0.2, 0.25) is 0 Å². The lowest BCUT2D eigenvalue weighted by molar-refractivity contribution is 0.119. The monoisotopic (exact) mass is 247 g/mol. The number of rotatable bonds is 8. The van der Waals surface area contributed by atoms with Crippen LogP contribution in [0.1, 0.15) is 46.0 Å². The Hall–Kier alpha value is 0.210. The van der Waals surface area contributed by atoms with Gasteiger partial charge in [0.1, 0.15) is 0 Å². The Labute approximate surface area is 105 Å². The maximum Gasteiger partial charge on any atom is 0.0591 e. The van der Waals surface area contributed by atoms with E-state index in [0.717, 1.165) is 38.0 Å². The van der Waals surface area contributed by atoms with Gasteiger partial charge in [-0.05, 0) is 25.2 Å². The molecule has 16 heavy (non-hydrogen) atoms. The molecule has 2 nitrogen and oxygen atoms in total. The van der Waals surface area contributed by atoms with Crippen molar-refractivity contribution in [2.24, 2.45) is 5.92 Å². The summed E-state index contributed by atoms with van der Waals surface area (Å²) in [5.41, 5.74) is 0.211. The molecule has 0 heterocycles. The second-order valence-electron chi connectivity index (χ2n) is 5.34. The molecule has 0 aromatic rings. The number of hydrogen-bond donors (Lipinski definition) is 1. The summed E-state index contributed by atoms with van der Waals surface area (Å²) in [4.78, 5) is 0. The molecule has 0 amide bonds. The Morgan fingerprint density at radius 3 is 2.50 bits per heavy atom. The van der Waals surface area contributed by atoms with Crippen LogP contribution in [0.15, 0.2) is 0 Å². The van der Waals surface area contributed by atoms with Crippen molar-refractivity contribution < 1.29 is 4.74 Å². The Balaban J connectivity index is 2.01. The topological polar surface area (TPSA) is 21.3 Å². The summed E-state index contributed by atoms with van der Waals surface area (Å²) in [7, 11) is 0. The first-order valence-electron chi connectivity index (χ1n) is 6.57. The van der Waals surface area contributed by atoms with Crippen LogP contribution in [0, 0.1) is 5.92 Å². The minimum atomic E-state index is 0.211. The van der Waals surface area contributed by atoms with Gasteiger partial charge in [-0.3, -0.25) is 0 Å². The van der Waals surface area contributed by atoms with Crippen molar-refractivity contribution >= 4 is 11.6 Å². The van der Waals surface area contributed by atoms with E-state index in [9.17, 15) is 0 Å². The lowest BCUT2D eigenvalue weighted by Gasteiger charge is -2.27. The van der Waals surface area contributed by atoms with Crippen LogP contribution >= 0.6 is 11.6 Å². The Bertz CT molecular complexity index is 179. The van der Waals surface area contributed by atoms with Gasteiger partial charge in [0.15, 0.2) is 0 Å². The molecule has 0 unspecified atom stereocenters. The van der Waals surface area contributed by atoms with Crippen LogP contribution in [0.4, 0.5) is 0 Å². The van der Waals surface area contributed by atoms with Gasteiger partial charge >= 0.3 is 0 Å². The molecule has 96 valence electrons. The van der Waals surface area contributed by atoms with Crippen LogP contribution in [-0.4, -0.2) is 31.2 Å². The summed E-state index contributed by atoms with van der Waals surface area (Å²) < 4.78 is 5.59. The molecule has 1 rings (SSSR count). The lowest BCUT2D eigenvalue weighted by atomic mass is 10.0. The van der Waals surface area contributed by atoms with E-state index in [2.05, 4.69) is 19.2 Å². The Kier molecular flexibility index (Phi) is 6.71. The molecule has 3 heteroatoms. The zero-order valence-electron chi connectivity index (χ0n) is 10.7. The number of ether oxygens (including phenoxy) is 1. The maximum absolute atomic E-state index is 6.04. The van der Waals surface area contributed by atoms with Crippen LogP contribution in [0.25, 0.3) is 0 Å². The second kappa shape index (κ2) is 7.52. The molecular weight excluding hydrogens is 222 g/mol. The molecule has 1 aliphatic rings. The third-order valence-electron chi connectivity index (χ3n) is 3.40. The third-order valence-corrected chi connectivity index (χ3v) is 3.91. The first-order chi connectivity index (χ1) is 7.68. The Morgan fingerprint density at radius 2 is 1.94 bits per heavy atom. The largest absolute Gasteiger partial charge is 0.380 e. The van der Waals surface area contributed by atoms with Crippen molar-refractivity contribution in [1.29, 1.82) is 0 Å². The summed E-state index contributed by atoms with van der Waals surface area (Å²) in [6.45, 7) is 7.08. The van der Waals surface area contributed by atoms with Gasteiger partial charge in [-0.1, -0.05) is 26.7 Å². The zero-order chi connectivity index (χ0) is 11.9. The van der Waals surface area contributed by atoms with Crippen molar-refractivity contribution in [2.45, 2.75) is 51.5 Å². The van der Waals surface area contributed by atoms with Gasteiger partial charge in [0.05, 0.1) is 6.61 Å². The van der Waals surface area contributed by atoms with Gasteiger partial charge in [0, 0.05) is 24.6 Å². The van der Waals surface area contributed by atoms with Crippen LogP contribution in [0.2, 0.25) is 0 Å². The highest BCUT2D eigenvalue weighted by molar-refractivity contribution is 6.18. The highest BCUT2D eigenvalue weighted by Gasteiger charge is 2.31. The maximum atomic E-state index is 6.04. The number of halogens is 1. The highest BCUT2D eigenvalue weighted by atomic mass is 35.5. The molecule has 0 atom stereocenters. The van der Waals surface area contributed by atoms with Crippen LogP contribution in [-0.2, 0) is 4.74 Å². The normalized spacial score (nSPS) is 19.5. The molecular formula is C13H26ClNO. The molecule has 1 aliphatic carbocycles. The lowest BCUT2D eigenvalue weighted by Crippen LogP contribution is -2.45. The Morgan fingerprint density at radius 1 is 1.25 bits per heavy atom. The smallest absolute Gasteiger partial charge is 0.0591 e. The number of alkyl halides is 1. The predicted molar refractivity (Wildman–Crippen MR) is 70.2 cm³/mol. The molecule has 0 aromatic heterocycles. The SMILES string of the molecule is CC(C)CCOCCNC1(CCl)CCCC1. The van der Waals surface area contributed by atoms with Gasteiger partial charge in [-0.2, -0.15) is 0 Å². The quantitative estimate of drug-likeness (QED) is 0.526. The molecule has 0 aliphatic heterocycles. The van der Waals surface area contributed by atoms with E-state index in [1.54, 1.807) is 0 Å². The first-order valence-corrected chi connectivity index (χ1v) is 7.11. The molecule has 0 saturated heterocycles. The molecule has 0 radical (unpaired) electrons. The van der Waals surface area contributed by atoms with E-state index >= 15 is 0 Å². The van der Waals surface area contributed by atoms with E-state index in [0.29, 0.717) is 0 Å². The van der Waals surface area contributed by atoms with Gasteiger partial charge in [-0.15, -0.1) is 11.6 Å². The molecule has 0 aromatic carbocycles. The molecule has 1 saturated carbocycles. The van der Waals surface area contributed by atoms with Crippen molar-refractivity contribution in [3.63, 3.8) is 0 Å². The molecule has 0 bridgehead atoms. The fourth-order valence-electron chi connectivity index (χ4n) is 2.22. The average molecular weight is 248 g/mol. The van der Waals surface area contributed by atoms with Crippen LogP contribution < -0.4 is 5.32 Å². The second-order valence-corrected chi connectivity index (χ2v) is 5.61. The highest BCUT2D eigenvalue weighted by Crippen LogP contribution is 2.30. The van der Waals surface area contributed by atoms with Crippen molar-refractivity contribution in [3.8, 4) is 0 Å². The van der Waals surface area contributed by atoms with Crippen molar-refractivity contribution in [1.82, 2.24) is 5.32 Å². The van der Waals surface area contributed by atoms with E-state index in [1.807, 2.05) is 0 Å². The summed E-state index contributed by atoms with van der Waals surface area (Å²) in [6, 6.07) is 0. The number of hydrogen-bond acceptors (Lipinski definition) is 2. The van der Waals surface area contributed by atoms with E-state index in [1.165, 1.54) is 25.7 Å². The van der Waals surface area contributed by atoms with E-state index in [-0.39, 0.29) is 5.54 Å². The minimum absolute atomic E-state index is 0.211. The summed E-state index contributed by atoms with van der Waals surface area (Å²) in [5.74, 6) is 1.47. The molecule has 0 spiro atoms. The average Bonchev–Trinajstić information content (AvgIpc) is 2.72. The fourth-order valence-corrected chi connectivity index (χ4v) is 2.58. The summed E-state index contributed by atoms with van der Waals surface area (Å²) in [6.07, 6.45) is 6.23. The van der Waals surface area contributed by atoms with Gasteiger partial charge in [0.25, 0.3) is 0 Å². The minimum Gasteiger partial charge on any atom is -0.380 e. The number of nitrogens with one attached hydrogen (secondary N) is 1. The summed E-state index contributed by atoms with van der Waals surface area (Å²) >= 11 is 6.04. The summed E-state index contributed by atoms with van der Waals surface area (Å²) in [5, 5.41) is 3.58. The molecule has 1 fully saturated rings. The van der Waals surface area contributed by atoms with Crippen molar-refractivity contribution in [3.05, 3.63) is 0 Å². The fraction of sp³-hybridized carbons (Fsp3) is 1.00. The third kappa shape index (κ3) is 5.03. The molecule has 1 N–H and O–H groups in total. The standard InChI is InChI=1S/C13H26ClNO/c1-12(2)5-9-16-10-8-15-13(11-14)6-3-4-7-13/h12,15H,3-11H2,1-2H3. The van der Waals surface area contributed by atoms with Gasteiger partial charge < -0.3 is 10.1 Å². The zero-order valence-corrected chi connectivity index (χ0v) is 11.5. The van der Waals surface area contributed by atoms with E-state index < -0.39 is 0 Å². The van der Waals surface area contributed by atoms with E-state index in [4.69, 9.17) is 16.3 Å². The first kappa shape index (κ1) is 14.3. The van der Waals surface area contributed by atoms with Gasteiger partial charge in [-0.25, -0.2) is 0 Å².